The molecular weight excluding hydrogens is 224 g/mol. The summed E-state index contributed by atoms with van der Waals surface area (Å²) in [5, 5.41) is 0. The monoisotopic (exact) mass is 250 g/mol. The van der Waals surface area contributed by atoms with Crippen molar-refractivity contribution < 1.29 is 8.42 Å². The maximum atomic E-state index is 12.1. The average molecular weight is 250 g/mol. The van der Waals surface area contributed by atoms with Crippen molar-refractivity contribution in [3.05, 3.63) is 0 Å². The lowest BCUT2D eigenvalue weighted by Crippen LogP contribution is -2.44. The Hall–Kier alpha value is -0.130. The van der Waals surface area contributed by atoms with E-state index in [-0.39, 0.29) is 18.3 Å². The maximum absolute atomic E-state index is 12.1. The van der Waals surface area contributed by atoms with Crippen LogP contribution in [0.5, 0.6) is 0 Å². The minimum Gasteiger partial charge on any atom is -0.329 e. The van der Waals surface area contributed by atoms with Crippen LogP contribution in [-0.4, -0.2) is 37.6 Å². The summed E-state index contributed by atoms with van der Waals surface area (Å²) >= 11 is 0. The number of nitrogens with two attached hydrogens (primary N) is 1. The molecule has 0 aromatic heterocycles. The van der Waals surface area contributed by atoms with Gasteiger partial charge in [-0.15, -0.1) is 0 Å². The summed E-state index contributed by atoms with van der Waals surface area (Å²) in [6.45, 7) is 8.91. The van der Waals surface area contributed by atoms with Crippen molar-refractivity contribution in [2.75, 3.05) is 18.8 Å². The number of rotatable bonds is 8. The van der Waals surface area contributed by atoms with E-state index in [0.717, 1.165) is 12.8 Å². The summed E-state index contributed by atoms with van der Waals surface area (Å²) in [5.74, 6) is 0.393. The Bertz CT molecular complexity index is 272. The largest absolute Gasteiger partial charge is 0.329 e. The highest BCUT2D eigenvalue weighted by atomic mass is 32.2. The van der Waals surface area contributed by atoms with Gasteiger partial charge in [0, 0.05) is 19.1 Å². The summed E-state index contributed by atoms with van der Waals surface area (Å²) in [6, 6.07) is 0.110. The SMILES string of the molecule is CCC(CC)N(CC(C)C)S(=O)(=O)CCN. The molecule has 0 bridgehead atoms. The third-order valence-electron chi connectivity index (χ3n) is 2.63. The van der Waals surface area contributed by atoms with Crippen LogP contribution in [0.4, 0.5) is 0 Å². The van der Waals surface area contributed by atoms with Gasteiger partial charge in [0.1, 0.15) is 0 Å². The van der Waals surface area contributed by atoms with Crippen molar-refractivity contribution in [1.82, 2.24) is 4.31 Å². The van der Waals surface area contributed by atoms with E-state index in [4.69, 9.17) is 5.73 Å². The van der Waals surface area contributed by atoms with E-state index in [9.17, 15) is 8.42 Å². The fourth-order valence-corrected chi connectivity index (χ4v) is 3.62. The fraction of sp³-hybridized carbons (Fsp3) is 1.00. The number of nitrogens with zero attached hydrogens (tertiary/aromatic N) is 1. The molecule has 0 rings (SSSR count). The molecule has 16 heavy (non-hydrogen) atoms. The average Bonchev–Trinajstić information content (AvgIpc) is 2.17. The molecule has 0 aromatic carbocycles. The smallest absolute Gasteiger partial charge is 0.215 e. The van der Waals surface area contributed by atoms with Crippen LogP contribution in [0, 0.1) is 5.92 Å². The van der Waals surface area contributed by atoms with Crippen molar-refractivity contribution in [3.63, 3.8) is 0 Å². The van der Waals surface area contributed by atoms with Crippen molar-refractivity contribution >= 4 is 10.0 Å². The Morgan fingerprint density at radius 2 is 1.69 bits per heavy atom. The quantitative estimate of drug-likeness (QED) is 0.708. The maximum Gasteiger partial charge on any atom is 0.215 e. The van der Waals surface area contributed by atoms with Crippen LogP contribution in [0.25, 0.3) is 0 Å². The lowest BCUT2D eigenvalue weighted by atomic mass is 10.1. The van der Waals surface area contributed by atoms with Gasteiger partial charge in [-0.1, -0.05) is 27.7 Å². The molecule has 0 aliphatic rings. The molecule has 0 aliphatic heterocycles. The zero-order chi connectivity index (χ0) is 12.8. The first kappa shape index (κ1) is 15.9. The zero-order valence-electron chi connectivity index (χ0n) is 10.9. The van der Waals surface area contributed by atoms with E-state index in [1.165, 1.54) is 0 Å². The van der Waals surface area contributed by atoms with Crippen molar-refractivity contribution in [2.45, 2.75) is 46.6 Å². The topological polar surface area (TPSA) is 63.4 Å². The van der Waals surface area contributed by atoms with E-state index in [1.54, 1.807) is 4.31 Å². The van der Waals surface area contributed by atoms with Gasteiger partial charge in [0.05, 0.1) is 5.75 Å². The Labute approximate surface area is 100 Å². The molecule has 5 heteroatoms. The summed E-state index contributed by atoms with van der Waals surface area (Å²) in [5.41, 5.74) is 5.36. The molecule has 2 N–H and O–H groups in total. The third-order valence-corrected chi connectivity index (χ3v) is 4.54. The zero-order valence-corrected chi connectivity index (χ0v) is 11.8. The predicted octanol–water partition coefficient (Wildman–Crippen LogP) is 1.42. The second-order valence-corrected chi connectivity index (χ2v) is 6.58. The first-order valence-corrected chi connectivity index (χ1v) is 7.69. The van der Waals surface area contributed by atoms with Gasteiger partial charge in [0.2, 0.25) is 10.0 Å². The Morgan fingerprint density at radius 3 is 2.00 bits per heavy atom. The molecule has 0 aliphatic carbocycles. The fourth-order valence-electron chi connectivity index (χ4n) is 1.81. The van der Waals surface area contributed by atoms with E-state index >= 15 is 0 Å². The van der Waals surface area contributed by atoms with E-state index in [1.807, 2.05) is 27.7 Å². The van der Waals surface area contributed by atoms with Crippen LogP contribution < -0.4 is 5.73 Å². The number of hydrogen-bond acceptors (Lipinski definition) is 3. The van der Waals surface area contributed by atoms with Gasteiger partial charge in [-0.2, -0.15) is 4.31 Å². The Morgan fingerprint density at radius 1 is 1.19 bits per heavy atom. The van der Waals surface area contributed by atoms with Gasteiger partial charge < -0.3 is 5.73 Å². The standard InChI is InChI=1S/C11H26N2O2S/c1-5-11(6-2)13(9-10(3)4)16(14,15)8-7-12/h10-11H,5-9,12H2,1-4H3. The second-order valence-electron chi connectivity index (χ2n) is 4.54. The number of sulfonamides is 1. The van der Waals surface area contributed by atoms with Gasteiger partial charge in [0.25, 0.3) is 0 Å². The Balaban J connectivity index is 4.91. The molecular formula is C11H26N2O2S. The van der Waals surface area contributed by atoms with E-state index < -0.39 is 10.0 Å². The summed E-state index contributed by atoms with van der Waals surface area (Å²) < 4.78 is 25.8. The van der Waals surface area contributed by atoms with Crippen LogP contribution in [-0.2, 0) is 10.0 Å². The van der Waals surface area contributed by atoms with Gasteiger partial charge >= 0.3 is 0 Å². The van der Waals surface area contributed by atoms with Crippen molar-refractivity contribution in [1.29, 1.82) is 0 Å². The highest BCUT2D eigenvalue weighted by molar-refractivity contribution is 7.89. The summed E-state index contributed by atoms with van der Waals surface area (Å²) in [6.07, 6.45) is 1.71. The highest BCUT2D eigenvalue weighted by Gasteiger charge is 2.27. The molecule has 0 radical (unpaired) electrons. The van der Waals surface area contributed by atoms with E-state index in [0.29, 0.717) is 12.5 Å². The minimum atomic E-state index is -3.18. The van der Waals surface area contributed by atoms with Crippen LogP contribution in [0.1, 0.15) is 40.5 Å². The number of hydrogen-bond donors (Lipinski definition) is 1. The Kier molecular flexibility index (Phi) is 7.19. The lowest BCUT2D eigenvalue weighted by molar-refractivity contribution is 0.277. The lowest BCUT2D eigenvalue weighted by Gasteiger charge is -2.30. The van der Waals surface area contributed by atoms with Crippen molar-refractivity contribution in [3.8, 4) is 0 Å². The predicted molar refractivity (Wildman–Crippen MR) is 68.8 cm³/mol. The molecule has 0 fully saturated rings. The first-order valence-electron chi connectivity index (χ1n) is 6.08. The van der Waals surface area contributed by atoms with E-state index in [2.05, 4.69) is 0 Å². The van der Waals surface area contributed by atoms with Crippen LogP contribution >= 0.6 is 0 Å². The molecule has 0 saturated heterocycles. The van der Waals surface area contributed by atoms with Gasteiger partial charge in [-0.3, -0.25) is 0 Å². The normalized spacial score (nSPS) is 13.0. The second kappa shape index (κ2) is 7.25. The molecule has 4 nitrogen and oxygen atoms in total. The molecule has 0 amide bonds. The first-order chi connectivity index (χ1) is 7.38. The van der Waals surface area contributed by atoms with Crippen LogP contribution in [0.3, 0.4) is 0 Å². The van der Waals surface area contributed by atoms with Crippen LogP contribution in [0.2, 0.25) is 0 Å². The van der Waals surface area contributed by atoms with Gasteiger partial charge in [-0.05, 0) is 18.8 Å². The highest BCUT2D eigenvalue weighted by Crippen LogP contribution is 2.16. The molecule has 0 unspecified atom stereocenters. The summed E-state index contributed by atoms with van der Waals surface area (Å²) in [7, 11) is -3.18. The van der Waals surface area contributed by atoms with Crippen molar-refractivity contribution in [2.24, 2.45) is 11.7 Å². The molecule has 0 aromatic rings. The minimum absolute atomic E-state index is 0.0518. The molecule has 0 heterocycles. The molecule has 0 spiro atoms. The molecule has 0 atom stereocenters. The third kappa shape index (κ3) is 4.80. The van der Waals surface area contributed by atoms with Gasteiger partial charge in [0.15, 0.2) is 0 Å². The summed E-state index contributed by atoms with van der Waals surface area (Å²) in [4.78, 5) is 0. The molecule has 98 valence electrons. The molecule has 0 saturated carbocycles. The van der Waals surface area contributed by atoms with Gasteiger partial charge in [-0.25, -0.2) is 8.42 Å². The van der Waals surface area contributed by atoms with Crippen LogP contribution in [0.15, 0.2) is 0 Å².